The van der Waals surface area contributed by atoms with Crippen LogP contribution in [0.5, 0.6) is 0 Å². The number of amides is 1. The Hall–Kier alpha value is -2.63. The number of aromatic nitrogens is 2. The summed E-state index contributed by atoms with van der Waals surface area (Å²) in [7, 11) is 0. The van der Waals surface area contributed by atoms with Crippen LogP contribution in [0, 0.1) is 0 Å². The van der Waals surface area contributed by atoms with E-state index in [1.165, 1.54) is 0 Å². The number of H-pyrrole nitrogens is 1. The van der Waals surface area contributed by atoms with Gasteiger partial charge in [-0.2, -0.15) is 10.2 Å². The lowest BCUT2D eigenvalue weighted by atomic mass is 10.1. The number of nitrogens with zero attached hydrogens (tertiary/aromatic N) is 2. The molecule has 0 saturated carbocycles. The van der Waals surface area contributed by atoms with Crippen molar-refractivity contribution in [2.75, 3.05) is 0 Å². The number of rotatable bonds is 4. The van der Waals surface area contributed by atoms with Gasteiger partial charge in [0.2, 0.25) is 0 Å². The minimum Gasteiger partial charge on any atom is -0.272 e. The smallest absolute Gasteiger partial charge is 0.272 e. The van der Waals surface area contributed by atoms with E-state index in [0.717, 1.165) is 11.1 Å². The van der Waals surface area contributed by atoms with Gasteiger partial charge in [0.25, 0.3) is 5.91 Å². The van der Waals surface area contributed by atoms with Crippen molar-refractivity contribution in [2.24, 2.45) is 5.10 Å². The molecule has 0 aliphatic carbocycles. The molecule has 0 unspecified atom stereocenters. The third-order valence-electron chi connectivity index (χ3n) is 3.16. The predicted octanol–water partition coefficient (Wildman–Crippen LogP) is 4.15. The average molecular weight is 359 g/mol. The van der Waals surface area contributed by atoms with Gasteiger partial charge in [-0.25, -0.2) is 5.43 Å². The van der Waals surface area contributed by atoms with Crippen molar-refractivity contribution in [2.45, 2.75) is 0 Å². The molecule has 0 saturated heterocycles. The minimum atomic E-state index is -0.394. The molecule has 5 nitrogen and oxygen atoms in total. The largest absolute Gasteiger partial charge is 0.289 e. The summed E-state index contributed by atoms with van der Waals surface area (Å²) in [6.45, 7) is 0. The van der Waals surface area contributed by atoms with Gasteiger partial charge in [-0.15, -0.1) is 0 Å². The molecule has 3 rings (SSSR count). The molecule has 1 heterocycles. The molecule has 0 radical (unpaired) electrons. The first-order valence-corrected chi connectivity index (χ1v) is 7.78. The number of hydrogen-bond acceptors (Lipinski definition) is 3. The van der Waals surface area contributed by atoms with E-state index in [9.17, 15) is 4.79 Å². The van der Waals surface area contributed by atoms with Gasteiger partial charge in [0.1, 0.15) is 5.69 Å². The lowest BCUT2D eigenvalue weighted by Gasteiger charge is -1.98. The highest BCUT2D eigenvalue weighted by molar-refractivity contribution is 6.35. The summed E-state index contributed by atoms with van der Waals surface area (Å²) in [5, 5.41) is 11.7. The summed E-state index contributed by atoms with van der Waals surface area (Å²) in [5.74, 6) is -0.394. The van der Waals surface area contributed by atoms with E-state index in [0.29, 0.717) is 15.7 Å². The Kier molecular flexibility index (Phi) is 4.93. The maximum absolute atomic E-state index is 12.1. The molecule has 7 heteroatoms. The van der Waals surface area contributed by atoms with Crippen molar-refractivity contribution in [1.29, 1.82) is 0 Å². The van der Waals surface area contributed by atoms with Crippen molar-refractivity contribution in [3.63, 3.8) is 0 Å². The third-order valence-corrected chi connectivity index (χ3v) is 3.60. The van der Waals surface area contributed by atoms with E-state index in [1.54, 1.807) is 30.5 Å². The van der Waals surface area contributed by atoms with Gasteiger partial charge >= 0.3 is 0 Å². The van der Waals surface area contributed by atoms with Crippen molar-refractivity contribution in [1.82, 2.24) is 15.6 Å². The molecule has 2 N–H and O–H groups in total. The zero-order valence-electron chi connectivity index (χ0n) is 12.3. The number of carbonyl (C=O) groups is 1. The lowest BCUT2D eigenvalue weighted by Crippen LogP contribution is -2.17. The maximum Gasteiger partial charge on any atom is 0.289 e. The molecule has 120 valence electrons. The first-order chi connectivity index (χ1) is 11.6. The Morgan fingerprint density at radius 1 is 1.08 bits per heavy atom. The summed E-state index contributed by atoms with van der Waals surface area (Å²) in [5.41, 5.74) is 4.90. The average Bonchev–Trinajstić information content (AvgIpc) is 3.05. The van der Waals surface area contributed by atoms with E-state index in [1.807, 2.05) is 30.3 Å². The molecule has 1 aromatic heterocycles. The fourth-order valence-electron chi connectivity index (χ4n) is 2.05. The van der Waals surface area contributed by atoms with Gasteiger partial charge in [-0.05, 0) is 29.8 Å². The molecule has 0 fully saturated rings. The summed E-state index contributed by atoms with van der Waals surface area (Å²) in [4.78, 5) is 12.1. The van der Waals surface area contributed by atoms with Crippen molar-refractivity contribution < 1.29 is 4.79 Å². The van der Waals surface area contributed by atoms with Crippen molar-refractivity contribution in [3.05, 3.63) is 75.9 Å². The standard InChI is InChI=1S/C17H12Cl2N4O/c18-13-6-12(7-14(19)8-13)15-9-16(22-21-15)17(24)23-20-10-11-4-2-1-3-5-11/h1-10H,(H,21,22)(H,23,24)/b20-10-. The Balaban J connectivity index is 1.71. The van der Waals surface area contributed by atoms with Crippen LogP contribution < -0.4 is 5.43 Å². The molecule has 3 aromatic rings. The Labute approximate surface area is 148 Å². The Bertz CT molecular complexity index is 870. The topological polar surface area (TPSA) is 70.1 Å². The molecule has 0 aliphatic heterocycles. The Morgan fingerprint density at radius 3 is 2.50 bits per heavy atom. The second kappa shape index (κ2) is 7.29. The van der Waals surface area contributed by atoms with Crippen LogP contribution in [0.4, 0.5) is 0 Å². The molecule has 0 spiro atoms. The van der Waals surface area contributed by atoms with Crippen LogP contribution in [0.25, 0.3) is 11.3 Å². The molecule has 0 atom stereocenters. The van der Waals surface area contributed by atoms with Crippen LogP contribution in [-0.2, 0) is 0 Å². The molecule has 2 aromatic carbocycles. The number of nitrogens with one attached hydrogen (secondary N) is 2. The fraction of sp³-hybridized carbons (Fsp3) is 0. The third kappa shape index (κ3) is 4.01. The van der Waals surface area contributed by atoms with Gasteiger partial charge in [-0.1, -0.05) is 53.5 Å². The van der Waals surface area contributed by atoms with Crippen LogP contribution in [0.2, 0.25) is 10.0 Å². The first-order valence-electron chi connectivity index (χ1n) is 7.02. The second-order valence-electron chi connectivity index (χ2n) is 4.93. The van der Waals surface area contributed by atoms with Crippen LogP contribution in [0.3, 0.4) is 0 Å². The van der Waals surface area contributed by atoms with Crippen LogP contribution in [0.1, 0.15) is 16.1 Å². The number of benzene rings is 2. The van der Waals surface area contributed by atoms with Crippen molar-refractivity contribution >= 4 is 35.3 Å². The zero-order chi connectivity index (χ0) is 16.9. The molecule has 0 bridgehead atoms. The maximum atomic E-state index is 12.1. The fourth-order valence-corrected chi connectivity index (χ4v) is 2.58. The number of carbonyl (C=O) groups excluding carboxylic acids is 1. The van der Waals surface area contributed by atoms with Crippen LogP contribution in [0.15, 0.2) is 59.7 Å². The predicted molar refractivity (Wildman–Crippen MR) is 95.5 cm³/mol. The quantitative estimate of drug-likeness (QED) is 0.543. The highest BCUT2D eigenvalue weighted by Crippen LogP contribution is 2.26. The van der Waals surface area contributed by atoms with E-state index in [-0.39, 0.29) is 5.69 Å². The zero-order valence-corrected chi connectivity index (χ0v) is 13.8. The van der Waals surface area contributed by atoms with Gasteiger partial charge < -0.3 is 0 Å². The molecule has 24 heavy (non-hydrogen) atoms. The van der Waals surface area contributed by atoms with Gasteiger partial charge in [0.15, 0.2) is 0 Å². The number of halogens is 2. The molecule has 1 amide bonds. The van der Waals surface area contributed by atoms with Crippen LogP contribution in [-0.4, -0.2) is 22.3 Å². The van der Waals surface area contributed by atoms with Crippen molar-refractivity contribution in [3.8, 4) is 11.3 Å². The van der Waals surface area contributed by atoms with Crippen LogP contribution >= 0.6 is 23.2 Å². The van der Waals surface area contributed by atoms with Gasteiger partial charge in [0.05, 0.1) is 11.9 Å². The lowest BCUT2D eigenvalue weighted by molar-refractivity contribution is 0.0950. The number of aromatic amines is 1. The van der Waals surface area contributed by atoms with E-state index in [4.69, 9.17) is 23.2 Å². The molecular formula is C17H12Cl2N4O. The summed E-state index contributed by atoms with van der Waals surface area (Å²) in [6.07, 6.45) is 1.56. The highest BCUT2D eigenvalue weighted by atomic mass is 35.5. The van der Waals surface area contributed by atoms with E-state index in [2.05, 4.69) is 20.7 Å². The number of hydrogen-bond donors (Lipinski definition) is 2. The molecule has 0 aliphatic rings. The first kappa shape index (κ1) is 16.2. The summed E-state index contributed by atoms with van der Waals surface area (Å²) in [6, 6.07) is 16.1. The highest BCUT2D eigenvalue weighted by Gasteiger charge is 2.11. The minimum absolute atomic E-state index is 0.284. The molecular weight excluding hydrogens is 347 g/mol. The Morgan fingerprint density at radius 2 is 1.79 bits per heavy atom. The summed E-state index contributed by atoms with van der Waals surface area (Å²) < 4.78 is 0. The monoisotopic (exact) mass is 358 g/mol. The van der Waals surface area contributed by atoms with Gasteiger partial charge in [0, 0.05) is 15.6 Å². The second-order valence-corrected chi connectivity index (χ2v) is 5.81. The SMILES string of the molecule is O=C(N/N=C\c1ccccc1)c1cc(-c2cc(Cl)cc(Cl)c2)n[nH]1. The normalized spacial score (nSPS) is 10.9. The van der Waals surface area contributed by atoms with Gasteiger partial charge in [-0.3, -0.25) is 9.89 Å². The van der Waals surface area contributed by atoms with E-state index >= 15 is 0 Å². The van der Waals surface area contributed by atoms with E-state index < -0.39 is 5.91 Å². The number of hydrazone groups is 1. The summed E-state index contributed by atoms with van der Waals surface area (Å²) >= 11 is 12.0.